The molecule has 6 nitrogen and oxygen atoms in total. The molecule has 0 fully saturated rings. The van der Waals surface area contributed by atoms with Crippen molar-refractivity contribution in [1.82, 2.24) is 10.6 Å². The van der Waals surface area contributed by atoms with Gasteiger partial charge in [-0.3, -0.25) is 9.59 Å². The van der Waals surface area contributed by atoms with Crippen molar-refractivity contribution in [3.63, 3.8) is 0 Å². The molecule has 3 N–H and O–H groups in total. The fourth-order valence-corrected chi connectivity index (χ4v) is 3.27. The van der Waals surface area contributed by atoms with Gasteiger partial charge in [-0.1, -0.05) is 34.8 Å². The summed E-state index contributed by atoms with van der Waals surface area (Å²) in [5.41, 5.74) is 2.51. The predicted molar refractivity (Wildman–Crippen MR) is 119 cm³/mol. The van der Waals surface area contributed by atoms with Gasteiger partial charge in [0.05, 0.1) is 29.4 Å². The number of carbonyl (C=O) groups excluding carboxylic acids is 2. The molecule has 0 spiro atoms. The van der Waals surface area contributed by atoms with E-state index in [2.05, 4.69) is 16.0 Å². The minimum absolute atomic E-state index is 0.0506. The Balaban J connectivity index is 1.58. The topological polar surface area (TPSA) is 83.4 Å². The van der Waals surface area contributed by atoms with Crippen LogP contribution in [0.15, 0.2) is 52.9 Å². The van der Waals surface area contributed by atoms with E-state index in [0.717, 1.165) is 5.56 Å². The summed E-state index contributed by atoms with van der Waals surface area (Å²) in [6, 6.07) is 14.0. The van der Waals surface area contributed by atoms with Crippen molar-refractivity contribution < 1.29 is 14.0 Å². The van der Waals surface area contributed by atoms with Gasteiger partial charge in [0.1, 0.15) is 11.5 Å². The van der Waals surface area contributed by atoms with Crippen molar-refractivity contribution in [3.05, 3.63) is 75.5 Å². The number of furan rings is 1. The highest BCUT2D eigenvalue weighted by Gasteiger charge is 2.13. The highest BCUT2D eigenvalue weighted by molar-refractivity contribution is 6.35. The van der Waals surface area contributed by atoms with E-state index in [1.807, 2.05) is 13.0 Å². The monoisotopic (exact) mass is 445 g/mol. The summed E-state index contributed by atoms with van der Waals surface area (Å²) < 4.78 is 5.79. The second-order valence-electron chi connectivity index (χ2n) is 6.67. The van der Waals surface area contributed by atoms with Gasteiger partial charge in [0, 0.05) is 17.6 Å². The minimum Gasteiger partial charge on any atom is -0.460 e. The zero-order valence-electron chi connectivity index (χ0n) is 16.5. The molecule has 0 aliphatic rings. The molecule has 3 aromatic rings. The molecule has 1 heterocycles. The second kappa shape index (κ2) is 9.80. The van der Waals surface area contributed by atoms with E-state index >= 15 is 0 Å². The Morgan fingerprint density at radius 2 is 1.83 bits per heavy atom. The first-order valence-corrected chi connectivity index (χ1v) is 10.0. The maximum absolute atomic E-state index is 12.3. The highest BCUT2D eigenvalue weighted by atomic mass is 35.5. The Morgan fingerprint density at radius 1 is 1.03 bits per heavy atom. The lowest BCUT2D eigenvalue weighted by Gasteiger charge is -2.11. The van der Waals surface area contributed by atoms with Crippen molar-refractivity contribution in [1.29, 1.82) is 0 Å². The first kappa shape index (κ1) is 21.9. The summed E-state index contributed by atoms with van der Waals surface area (Å²) in [7, 11) is 1.55. The van der Waals surface area contributed by atoms with Crippen LogP contribution < -0.4 is 16.0 Å². The number of hydrogen-bond acceptors (Lipinski definition) is 4. The number of halogens is 2. The van der Waals surface area contributed by atoms with Crippen LogP contribution in [0.5, 0.6) is 0 Å². The molecule has 156 valence electrons. The number of anilines is 1. The zero-order chi connectivity index (χ0) is 21.7. The van der Waals surface area contributed by atoms with Gasteiger partial charge in [0.2, 0.25) is 5.91 Å². The van der Waals surface area contributed by atoms with Crippen molar-refractivity contribution in [2.24, 2.45) is 0 Å². The van der Waals surface area contributed by atoms with Crippen LogP contribution >= 0.6 is 23.2 Å². The van der Waals surface area contributed by atoms with Gasteiger partial charge < -0.3 is 20.4 Å². The van der Waals surface area contributed by atoms with Crippen molar-refractivity contribution in [2.45, 2.75) is 13.5 Å². The van der Waals surface area contributed by atoms with Crippen molar-refractivity contribution >= 4 is 40.7 Å². The summed E-state index contributed by atoms with van der Waals surface area (Å²) in [4.78, 5) is 24.3. The molecule has 2 amide bonds. The first-order chi connectivity index (χ1) is 14.4. The molecule has 0 bridgehead atoms. The third-order valence-corrected chi connectivity index (χ3v) is 4.93. The Kier molecular flexibility index (Phi) is 7.15. The van der Waals surface area contributed by atoms with E-state index in [1.54, 1.807) is 49.5 Å². The quantitative estimate of drug-likeness (QED) is 0.494. The summed E-state index contributed by atoms with van der Waals surface area (Å²) >= 11 is 12.2. The van der Waals surface area contributed by atoms with Gasteiger partial charge in [0.25, 0.3) is 5.91 Å². The molecule has 3 rings (SSSR count). The summed E-state index contributed by atoms with van der Waals surface area (Å²) in [5.74, 6) is 0.715. The molecule has 0 aliphatic heterocycles. The molecule has 0 saturated heterocycles. The fourth-order valence-electron chi connectivity index (χ4n) is 2.89. The van der Waals surface area contributed by atoms with Crippen LogP contribution in [-0.4, -0.2) is 25.4 Å². The summed E-state index contributed by atoms with van der Waals surface area (Å²) in [5, 5.41) is 9.46. The molecule has 0 unspecified atom stereocenters. The van der Waals surface area contributed by atoms with E-state index in [-0.39, 0.29) is 18.4 Å². The van der Waals surface area contributed by atoms with Gasteiger partial charge in [-0.2, -0.15) is 0 Å². The second-order valence-corrected chi connectivity index (χ2v) is 7.51. The Hall–Kier alpha value is -2.80. The summed E-state index contributed by atoms with van der Waals surface area (Å²) in [6.07, 6.45) is 0. The normalized spacial score (nSPS) is 10.7. The van der Waals surface area contributed by atoms with Crippen LogP contribution in [0, 0.1) is 6.92 Å². The largest absolute Gasteiger partial charge is 0.460 e. The lowest BCUT2D eigenvalue weighted by Crippen LogP contribution is -2.29. The minimum atomic E-state index is -0.270. The number of nitrogens with one attached hydrogen (secondary N) is 3. The molecular weight excluding hydrogens is 425 g/mol. The number of rotatable bonds is 7. The maximum atomic E-state index is 12.3. The van der Waals surface area contributed by atoms with Crippen LogP contribution in [-0.2, 0) is 11.3 Å². The van der Waals surface area contributed by atoms with Gasteiger partial charge in [-0.05, 0) is 49.4 Å². The van der Waals surface area contributed by atoms with Crippen LogP contribution in [0.25, 0.3) is 11.3 Å². The lowest BCUT2D eigenvalue weighted by atomic mass is 10.1. The summed E-state index contributed by atoms with van der Waals surface area (Å²) in [6.45, 7) is 2.28. The average molecular weight is 446 g/mol. The standard InChI is InChI=1S/C22H21Cl2N3O3/c1-13-3-7-19(17(9-13)22(29)25-2)27-21(28)12-26-11-15-5-8-20(30-15)16-10-14(23)4-6-18(16)24/h3-10,26H,11-12H2,1-2H3,(H,25,29)(H,27,28). The molecule has 1 aromatic heterocycles. The molecule has 0 radical (unpaired) electrons. The van der Waals surface area contributed by atoms with Crippen molar-refractivity contribution in [3.8, 4) is 11.3 Å². The van der Waals surface area contributed by atoms with Gasteiger partial charge in [-0.15, -0.1) is 0 Å². The van der Waals surface area contributed by atoms with Crippen LogP contribution in [0.4, 0.5) is 5.69 Å². The highest BCUT2D eigenvalue weighted by Crippen LogP contribution is 2.31. The van der Waals surface area contributed by atoms with Gasteiger partial charge in [0.15, 0.2) is 0 Å². The van der Waals surface area contributed by atoms with E-state index < -0.39 is 0 Å². The molecule has 30 heavy (non-hydrogen) atoms. The zero-order valence-corrected chi connectivity index (χ0v) is 18.0. The van der Waals surface area contributed by atoms with Crippen LogP contribution in [0.3, 0.4) is 0 Å². The SMILES string of the molecule is CNC(=O)c1cc(C)ccc1NC(=O)CNCc1ccc(-c2cc(Cl)ccc2Cl)o1. The Morgan fingerprint density at radius 3 is 2.60 bits per heavy atom. The number of amides is 2. The molecule has 0 atom stereocenters. The van der Waals surface area contributed by atoms with E-state index in [1.165, 1.54) is 0 Å². The average Bonchev–Trinajstić information content (AvgIpc) is 3.19. The van der Waals surface area contributed by atoms with Gasteiger partial charge in [-0.25, -0.2) is 0 Å². The maximum Gasteiger partial charge on any atom is 0.253 e. The number of aryl methyl sites for hydroxylation is 1. The fraction of sp³-hybridized carbons (Fsp3) is 0.182. The van der Waals surface area contributed by atoms with Crippen LogP contribution in [0.1, 0.15) is 21.7 Å². The number of hydrogen-bond donors (Lipinski definition) is 3. The Labute approximate surface area is 184 Å². The van der Waals surface area contributed by atoms with E-state index in [9.17, 15) is 9.59 Å². The Bertz CT molecular complexity index is 1080. The third-order valence-electron chi connectivity index (χ3n) is 4.36. The van der Waals surface area contributed by atoms with Crippen molar-refractivity contribution in [2.75, 3.05) is 18.9 Å². The smallest absolute Gasteiger partial charge is 0.253 e. The van der Waals surface area contributed by atoms with E-state index in [4.69, 9.17) is 27.6 Å². The predicted octanol–water partition coefficient (Wildman–Crippen LogP) is 4.65. The number of benzene rings is 2. The third kappa shape index (κ3) is 5.42. The molecular formula is C22H21Cl2N3O3. The van der Waals surface area contributed by atoms with Crippen LogP contribution in [0.2, 0.25) is 10.0 Å². The molecule has 2 aromatic carbocycles. The molecule has 0 saturated carbocycles. The lowest BCUT2D eigenvalue weighted by molar-refractivity contribution is -0.115. The first-order valence-electron chi connectivity index (χ1n) is 9.25. The van der Waals surface area contributed by atoms with Gasteiger partial charge >= 0.3 is 0 Å². The molecule has 0 aliphatic carbocycles. The molecule has 8 heteroatoms. The number of carbonyl (C=O) groups is 2. The van der Waals surface area contributed by atoms with E-state index in [0.29, 0.717) is 44.9 Å².